The zero-order chi connectivity index (χ0) is 18.2. The molecular formula is C20H27N3O2. The van der Waals surface area contributed by atoms with E-state index in [1.807, 2.05) is 41.9 Å². The molecule has 0 saturated heterocycles. The molecule has 3 rings (SSSR count). The Bertz CT molecular complexity index is 752. The van der Waals surface area contributed by atoms with E-state index >= 15 is 0 Å². The number of hydrogen-bond donors (Lipinski definition) is 2. The van der Waals surface area contributed by atoms with Crippen LogP contribution in [0, 0.1) is 6.92 Å². The lowest BCUT2D eigenvalue weighted by atomic mass is 10.1. The van der Waals surface area contributed by atoms with Gasteiger partial charge in [0, 0.05) is 18.2 Å². The Kier molecular flexibility index (Phi) is 4.69. The molecule has 1 atom stereocenters. The van der Waals surface area contributed by atoms with Crippen LogP contribution >= 0.6 is 0 Å². The zero-order valence-corrected chi connectivity index (χ0v) is 15.4. The summed E-state index contributed by atoms with van der Waals surface area (Å²) in [5.41, 5.74) is 3.34. The second-order valence-corrected chi connectivity index (χ2v) is 7.95. The van der Waals surface area contributed by atoms with Gasteiger partial charge in [-0.05, 0) is 52.2 Å². The first-order valence-electron chi connectivity index (χ1n) is 8.89. The largest absolute Gasteiger partial charge is 0.387 e. The highest BCUT2D eigenvalue weighted by Gasteiger charge is 2.32. The minimum atomic E-state index is -0.725. The van der Waals surface area contributed by atoms with Gasteiger partial charge in [-0.1, -0.05) is 29.8 Å². The molecule has 0 bridgehead atoms. The Morgan fingerprint density at radius 3 is 2.52 bits per heavy atom. The van der Waals surface area contributed by atoms with Crippen LogP contribution in [0.1, 0.15) is 72.9 Å². The number of nitrogens with zero attached hydrogens (tertiary/aromatic N) is 2. The van der Waals surface area contributed by atoms with E-state index in [1.165, 1.54) is 0 Å². The third kappa shape index (κ3) is 4.10. The van der Waals surface area contributed by atoms with Crippen LogP contribution in [0.25, 0.3) is 0 Å². The smallest absolute Gasteiger partial charge is 0.271 e. The molecule has 5 heteroatoms. The van der Waals surface area contributed by atoms with Crippen molar-refractivity contribution in [3.05, 3.63) is 52.8 Å². The number of benzene rings is 1. The van der Waals surface area contributed by atoms with E-state index in [0.29, 0.717) is 11.6 Å². The quantitative estimate of drug-likeness (QED) is 0.877. The lowest BCUT2D eigenvalue weighted by Crippen LogP contribution is -2.30. The number of hydrogen-bond acceptors (Lipinski definition) is 3. The highest BCUT2D eigenvalue weighted by Crippen LogP contribution is 2.41. The van der Waals surface area contributed by atoms with Gasteiger partial charge in [-0.25, -0.2) is 0 Å². The fourth-order valence-electron chi connectivity index (χ4n) is 2.90. The van der Waals surface area contributed by atoms with Crippen LogP contribution in [0.2, 0.25) is 0 Å². The van der Waals surface area contributed by atoms with Crippen molar-refractivity contribution in [2.24, 2.45) is 0 Å². The van der Waals surface area contributed by atoms with Crippen molar-refractivity contribution in [1.29, 1.82) is 0 Å². The lowest BCUT2D eigenvalue weighted by Gasteiger charge is -2.22. The van der Waals surface area contributed by atoms with Crippen LogP contribution in [0.4, 0.5) is 0 Å². The minimum absolute atomic E-state index is 0.155. The fraction of sp³-hybridized carbons (Fsp3) is 0.500. The molecule has 1 amide bonds. The van der Waals surface area contributed by atoms with E-state index in [1.54, 1.807) is 0 Å². The van der Waals surface area contributed by atoms with E-state index < -0.39 is 6.10 Å². The van der Waals surface area contributed by atoms with Crippen molar-refractivity contribution in [2.75, 3.05) is 6.54 Å². The summed E-state index contributed by atoms with van der Waals surface area (Å²) in [7, 11) is 0. The summed E-state index contributed by atoms with van der Waals surface area (Å²) >= 11 is 0. The molecule has 1 fully saturated rings. The number of aliphatic hydroxyl groups is 1. The molecule has 1 aromatic carbocycles. The molecule has 5 nitrogen and oxygen atoms in total. The molecule has 25 heavy (non-hydrogen) atoms. The number of aliphatic hydroxyl groups excluding tert-OH is 1. The summed E-state index contributed by atoms with van der Waals surface area (Å²) in [5.74, 6) is 0.280. The van der Waals surface area contributed by atoms with Crippen molar-refractivity contribution in [3.8, 4) is 0 Å². The Balaban J connectivity index is 1.68. The fourth-order valence-corrected chi connectivity index (χ4v) is 2.90. The van der Waals surface area contributed by atoms with Gasteiger partial charge in [0.15, 0.2) is 0 Å². The number of carbonyl (C=O) groups is 1. The van der Waals surface area contributed by atoms with Crippen molar-refractivity contribution in [2.45, 2.75) is 58.1 Å². The molecule has 0 unspecified atom stereocenters. The molecule has 1 aromatic heterocycles. The highest BCUT2D eigenvalue weighted by molar-refractivity contribution is 5.92. The average molecular weight is 341 g/mol. The van der Waals surface area contributed by atoms with Gasteiger partial charge >= 0.3 is 0 Å². The predicted octanol–water partition coefficient (Wildman–Crippen LogP) is 3.29. The summed E-state index contributed by atoms with van der Waals surface area (Å²) in [6.45, 7) is 8.45. The van der Waals surface area contributed by atoms with Crippen molar-refractivity contribution < 1.29 is 9.90 Å². The molecule has 0 radical (unpaired) electrons. The van der Waals surface area contributed by atoms with E-state index in [2.05, 4.69) is 31.2 Å². The Morgan fingerprint density at radius 2 is 1.96 bits per heavy atom. The Labute approximate surface area is 149 Å². The number of aryl methyl sites for hydroxylation is 1. The number of amides is 1. The van der Waals surface area contributed by atoms with Gasteiger partial charge in [0.2, 0.25) is 0 Å². The van der Waals surface area contributed by atoms with Crippen LogP contribution in [0.15, 0.2) is 30.3 Å². The molecule has 0 spiro atoms. The summed E-state index contributed by atoms with van der Waals surface area (Å²) in [6, 6.07) is 9.56. The third-order valence-corrected chi connectivity index (χ3v) is 4.52. The van der Waals surface area contributed by atoms with Gasteiger partial charge in [0.05, 0.1) is 11.6 Å². The van der Waals surface area contributed by atoms with Crippen molar-refractivity contribution >= 4 is 5.91 Å². The predicted molar refractivity (Wildman–Crippen MR) is 97.7 cm³/mol. The van der Waals surface area contributed by atoms with Gasteiger partial charge in [-0.2, -0.15) is 5.10 Å². The molecule has 2 N–H and O–H groups in total. The Morgan fingerprint density at radius 1 is 1.32 bits per heavy atom. The summed E-state index contributed by atoms with van der Waals surface area (Å²) in [6.07, 6.45) is 1.60. The average Bonchev–Trinajstić information content (AvgIpc) is 3.29. The van der Waals surface area contributed by atoms with Crippen LogP contribution in [-0.4, -0.2) is 27.3 Å². The first kappa shape index (κ1) is 17.7. The normalized spacial score (nSPS) is 15.9. The van der Waals surface area contributed by atoms with E-state index in [0.717, 1.165) is 29.7 Å². The van der Waals surface area contributed by atoms with Crippen LogP contribution < -0.4 is 5.32 Å². The molecular weight excluding hydrogens is 314 g/mol. The van der Waals surface area contributed by atoms with Gasteiger partial charge in [-0.3, -0.25) is 9.48 Å². The third-order valence-electron chi connectivity index (χ3n) is 4.52. The van der Waals surface area contributed by atoms with Gasteiger partial charge < -0.3 is 10.4 Å². The standard InChI is InChI=1S/C20H27N3O2/c1-13-5-7-15(8-6-13)18(24)12-21-19(25)16-11-17(14-9-10-14)23(22-16)20(2,3)4/h5-8,11,14,18,24H,9-10,12H2,1-4H3,(H,21,25)/t18-/m0/s1. The number of rotatable bonds is 5. The highest BCUT2D eigenvalue weighted by atomic mass is 16.3. The van der Waals surface area contributed by atoms with Crippen LogP contribution in [0.5, 0.6) is 0 Å². The monoisotopic (exact) mass is 341 g/mol. The summed E-state index contributed by atoms with van der Waals surface area (Å²) in [4.78, 5) is 12.5. The summed E-state index contributed by atoms with van der Waals surface area (Å²) in [5, 5.41) is 17.6. The van der Waals surface area contributed by atoms with Crippen LogP contribution in [0.3, 0.4) is 0 Å². The van der Waals surface area contributed by atoms with E-state index in [9.17, 15) is 9.90 Å². The zero-order valence-electron chi connectivity index (χ0n) is 15.4. The van der Waals surface area contributed by atoms with Crippen molar-refractivity contribution in [1.82, 2.24) is 15.1 Å². The first-order chi connectivity index (χ1) is 11.8. The second kappa shape index (κ2) is 6.64. The Hall–Kier alpha value is -2.14. The molecule has 0 aliphatic heterocycles. The van der Waals surface area contributed by atoms with Crippen molar-refractivity contribution in [3.63, 3.8) is 0 Å². The summed E-state index contributed by atoms with van der Waals surface area (Å²) < 4.78 is 1.97. The number of carbonyl (C=O) groups excluding carboxylic acids is 1. The SMILES string of the molecule is Cc1ccc([C@@H](O)CNC(=O)c2cc(C3CC3)n(C(C)(C)C)n2)cc1. The molecule has 2 aromatic rings. The van der Waals surface area contributed by atoms with E-state index in [-0.39, 0.29) is 18.0 Å². The maximum atomic E-state index is 12.5. The van der Waals surface area contributed by atoms with Gasteiger partial charge in [0.25, 0.3) is 5.91 Å². The second-order valence-electron chi connectivity index (χ2n) is 7.95. The maximum Gasteiger partial charge on any atom is 0.271 e. The first-order valence-corrected chi connectivity index (χ1v) is 8.89. The maximum absolute atomic E-state index is 12.5. The molecule has 1 aliphatic rings. The molecule has 1 saturated carbocycles. The minimum Gasteiger partial charge on any atom is -0.387 e. The molecule has 1 heterocycles. The van der Waals surface area contributed by atoms with Crippen LogP contribution in [-0.2, 0) is 5.54 Å². The molecule has 1 aliphatic carbocycles. The molecule has 134 valence electrons. The lowest BCUT2D eigenvalue weighted by molar-refractivity contribution is 0.0909. The topological polar surface area (TPSA) is 67.2 Å². The van der Waals surface area contributed by atoms with Gasteiger partial charge in [-0.15, -0.1) is 0 Å². The van der Waals surface area contributed by atoms with Gasteiger partial charge in [0.1, 0.15) is 5.69 Å². The van der Waals surface area contributed by atoms with E-state index in [4.69, 9.17) is 0 Å². The number of nitrogens with one attached hydrogen (secondary N) is 1. The number of aromatic nitrogens is 2.